The van der Waals surface area contributed by atoms with Gasteiger partial charge < -0.3 is 5.32 Å². The van der Waals surface area contributed by atoms with Crippen molar-refractivity contribution >= 4 is 31.9 Å². The minimum Gasteiger partial charge on any atom is -0.347 e. The molecule has 1 aliphatic rings. The third kappa shape index (κ3) is 3.16. The standard InChI is InChI=1S/C12H15BrN2O3S/c1-7-9(13)5-8(6-10(7)19(14,17)18)11(16)15-12(2)3-4-12/h5-6H,3-4H2,1-2H3,(H,15,16)(H2,14,17,18). The van der Waals surface area contributed by atoms with Gasteiger partial charge >= 0.3 is 0 Å². The number of carbonyl (C=O) groups is 1. The number of halogens is 1. The van der Waals surface area contributed by atoms with E-state index in [1.165, 1.54) is 6.07 Å². The molecule has 3 N–H and O–H groups in total. The molecular weight excluding hydrogens is 332 g/mol. The van der Waals surface area contributed by atoms with E-state index in [2.05, 4.69) is 21.2 Å². The largest absolute Gasteiger partial charge is 0.347 e. The zero-order chi connectivity index (χ0) is 14.4. The fourth-order valence-electron chi connectivity index (χ4n) is 1.74. The minimum absolute atomic E-state index is 0.0343. The molecule has 5 nitrogen and oxygen atoms in total. The summed E-state index contributed by atoms with van der Waals surface area (Å²) in [5, 5.41) is 8.03. The first-order chi connectivity index (χ1) is 8.62. The van der Waals surface area contributed by atoms with Crippen molar-refractivity contribution in [2.75, 3.05) is 0 Å². The summed E-state index contributed by atoms with van der Waals surface area (Å²) in [6.45, 7) is 3.59. The number of primary sulfonamides is 1. The third-order valence-corrected chi connectivity index (χ3v) is 5.14. The molecule has 1 aromatic rings. The van der Waals surface area contributed by atoms with Crippen molar-refractivity contribution in [2.45, 2.75) is 37.1 Å². The molecule has 1 fully saturated rings. The summed E-state index contributed by atoms with van der Waals surface area (Å²) in [6.07, 6.45) is 1.88. The SMILES string of the molecule is Cc1c(Br)cc(C(=O)NC2(C)CC2)cc1S(N)(=O)=O. The molecule has 7 heteroatoms. The molecule has 0 radical (unpaired) electrons. The van der Waals surface area contributed by atoms with Crippen molar-refractivity contribution in [3.63, 3.8) is 0 Å². The molecular formula is C12H15BrN2O3S. The first kappa shape index (κ1) is 14.5. The van der Waals surface area contributed by atoms with Crippen LogP contribution in [0.15, 0.2) is 21.5 Å². The van der Waals surface area contributed by atoms with Crippen molar-refractivity contribution in [3.8, 4) is 0 Å². The maximum absolute atomic E-state index is 12.1. The maximum atomic E-state index is 12.1. The number of amides is 1. The number of hydrogen-bond donors (Lipinski definition) is 2. The van der Waals surface area contributed by atoms with Crippen LogP contribution in [0.2, 0.25) is 0 Å². The Kier molecular flexibility index (Phi) is 3.49. The summed E-state index contributed by atoms with van der Waals surface area (Å²) < 4.78 is 23.6. The van der Waals surface area contributed by atoms with E-state index in [0.717, 1.165) is 12.8 Å². The molecule has 104 valence electrons. The van der Waals surface area contributed by atoms with E-state index in [-0.39, 0.29) is 21.9 Å². The lowest BCUT2D eigenvalue weighted by atomic mass is 10.1. The molecule has 0 heterocycles. The van der Waals surface area contributed by atoms with E-state index in [1.807, 2.05) is 6.92 Å². The molecule has 0 atom stereocenters. The van der Waals surface area contributed by atoms with E-state index in [4.69, 9.17) is 5.14 Å². The Morgan fingerprint density at radius 1 is 1.42 bits per heavy atom. The summed E-state index contributed by atoms with van der Waals surface area (Å²) in [4.78, 5) is 12.0. The Labute approximate surface area is 120 Å². The highest BCUT2D eigenvalue weighted by molar-refractivity contribution is 9.10. The van der Waals surface area contributed by atoms with Crippen LogP contribution >= 0.6 is 15.9 Å². The molecule has 0 aliphatic heterocycles. The normalized spacial score (nSPS) is 17.1. The van der Waals surface area contributed by atoms with Gasteiger partial charge in [-0.05, 0) is 44.4 Å². The van der Waals surface area contributed by atoms with E-state index in [9.17, 15) is 13.2 Å². The maximum Gasteiger partial charge on any atom is 0.251 e. The van der Waals surface area contributed by atoms with Crippen LogP contribution in [-0.2, 0) is 10.0 Å². The second-order valence-electron chi connectivity index (χ2n) is 5.14. The van der Waals surface area contributed by atoms with Crippen LogP contribution in [0.3, 0.4) is 0 Å². The number of sulfonamides is 1. The van der Waals surface area contributed by atoms with Crippen molar-refractivity contribution in [2.24, 2.45) is 5.14 Å². The van der Waals surface area contributed by atoms with Gasteiger partial charge in [-0.25, -0.2) is 13.6 Å². The smallest absolute Gasteiger partial charge is 0.251 e. The Bertz CT molecular complexity index is 651. The number of carbonyl (C=O) groups excluding carboxylic acids is 1. The van der Waals surface area contributed by atoms with Crippen molar-refractivity contribution in [3.05, 3.63) is 27.7 Å². The van der Waals surface area contributed by atoms with Crippen molar-refractivity contribution in [1.29, 1.82) is 0 Å². The van der Waals surface area contributed by atoms with E-state index in [0.29, 0.717) is 10.0 Å². The van der Waals surface area contributed by atoms with Crippen LogP contribution in [0.25, 0.3) is 0 Å². The van der Waals surface area contributed by atoms with Crippen LogP contribution < -0.4 is 10.5 Å². The lowest BCUT2D eigenvalue weighted by molar-refractivity contribution is 0.0935. The van der Waals surface area contributed by atoms with Gasteiger partial charge in [0.1, 0.15) is 0 Å². The van der Waals surface area contributed by atoms with Crippen LogP contribution in [0, 0.1) is 6.92 Å². The molecule has 0 aromatic heterocycles. The average Bonchev–Trinajstić information content (AvgIpc) is 2.98. The molecule has 0 saturated heterocycles. The first-order valence-corrected chi connectivity index (χ1v) is 8.12. The second kappa shape index (κ2) is 4.57. The predicted molar refractivity (Wildman–Crippen MR) is 75.4 cm³/mol. The zero-order valence-corrected chi connectivity index (χ0v) is 13.1. The minimum atomic E-state index is -3.85. The Hall–Kier alpha value is -0.920. The Balaban J connectivity index is 2.42. The van der Waals surface area contributed by atoms with Gasteiger partial charge in [0, 0.05) is 15.6 Å². The highest BCUT2D eigenvalue weighted by atomic mass is 79.9. The van der Waals surface area contributed by atoms with Gasteiger partial charge in [-0.15, -0.1) is 0 Å². The Morgan fingerprint density at radius 2 is 2.00 bits per heavy atom. The Morgan fingerprint density at radius 3 is 2.47 bits per heavy atom. The predicted octanol–water partition coefficient (Wildman–Crippen LogP) is 1.69. The molecule has 19 heavy (non-hydrogen) atoms. The van der Waals surface area contributed by atoms with Gasteiger partial charge in [0.15, 0.2) is 0 Å². The zero-order valence-electron chi connectivity index (χ0n) is 10.7. The summed E-state index contributed by atoms with van der Waals surface area (Å²) in [7, 11) is -3.85. The number of nitrogens with two attached hydrogens (primary N) is 1. The van der Waals surface area contributed by atoms with Gasteiger partial charge in [-0.1, -0.05) is 15.9 Å². The quantitative estimate of drug-likeness (QED) is 0.872. The molecule has 1 amide bonds. The van der Waals surface area contributed by atoms with Crippen LogP contribution in [0.5, 0.6) is 0 Å². The lowest BCUT2D eigenvalue weighted by Crippen LogP contribution is -2.34. The van der Waals surface area contributed by atoms with Gasteiger partial charge in [0.25, 0.3) is 5.91 Å². The molecule has 1 saturated carbocycles. The van der Waals surface area contributed by atoms with Gasteiger partial charge in [-0.2, -0.15) is 0 Å². The summed E-state index contributed by atoms with van der Waals surface area (Å²) in [5.41, 5.74) is 0.627. The molecule has 0 bridgehead atoms. The summed E-state index contributed by atoms with van der Waals surface area (Å²) in [6, 6.07) is 2.92. The summed E-state index contributed by atoms with van der Waals surface area (Å²) >= 11 is 3.25. The topological polar surface area (TPSA) is 89.3 Å². The average molecular weight is 347 g/mol. The number of hydrogen-bond acceptors (Lipinski definition) is 3. The molecule has 0 unspecified atom stereocenters. The lowest BCUT2D eigenvalue weighted by Gasteiger charge is -2.13. The third-order valence-electron chi connectivity index (χ3n) is 3.28. The first-order valence-electron chi connectivity index (χ1n) is 5.78. The van der Waals surface area contributed by atoms with Gasteiger partial charge in [0.2, 0.25) is 10.0 Å². The highest BCUT2D eigenvalue weighted by Gasteiger charge is 2.39. The fraction of sp³-hybridized carbons (Fsp3) is 0.417. The number of rotatable bonds is 3. The van der Waals surface area contributed by atoms with Gasteiger partial charge in [-0.3, -0.25) is 4.79 Å². The molecule has 2 rings (SSSR count). The molecule has 1 aromatic carbocycles. The van der Waals surface area contributed by atoms with E-state index < -0.39 is 10.0 Å². The monoisotopic (exact) mass is 346 g/mol. The molecule has 1 aliphatic carbocycles. The van der Waals surface area contributed by atoms with Crippen LogP contribution in [0.1, 0.15) is 35.7 Å². The van der Waals surface area contributed by atoms with E-state index in [1.54, 1.807) is 13.0 Å². The molecule has 0 spiro atoms. The highest BCUT2D eigenvalue weighted by Crippen LogP contribution is 2.35. The van der Waals surface area contributed by atoms with Crippen LogP contribution in [0.4, 0.5) is 0 Å². The van der Waals surface area contributed by atoms with E-state index >= 15 is 0 Å². The fourth-order valence-corrected chi connectivity index (χ4v) is 3.16. The van der Waals surface area contributed by atoms with Crippen molar-refractivity contribution < 1.29 is 13.2 Å². The summed E-state index contributed by atoms with van der Waals surface area (Å²) in [5.74, 6) is -0.286. The van der Waals surface area contributed by atoms with Gasteiger partial charge in [0.05, 0.1) is 4.90 Å². The number of benzene rings is 1. The number of nitrogens with one attached hydrogen (secondary N) is 1. The second-order valence-corrected chi connectivity index (χ2v) is 7.53. The van der Waals surface area contributed by atoms with Crippen LogP contribution in [-0.4, -0.2) is 19.9 Å². The van der Waals surface area contributed by atoms with Crippen molar-refractivity contribution in [1.82, 2.24) is 5.32 Å².